The zero-order chi connectivity index (χ0) is 18.8. The smallest absolute Gasteiger partial charge is 0.270 e. The number of phenols is 1. The summed E-state index contributed by atoms with van der Waals surface area (Å²) in [6.45, 7) is 0. The predicted molar refractivity (Wildman–Crippen MR) is 102 cm³/mol. The number of halogens is 1. The van der Waals surface area contributed by atoms with E-state index in [0.29, 0.717) is 16.3 Å². The third-order valence-corrected chi connectivity index (χ3v) is 4.20. The summed E-state index contributed by atoms with van der Waals surface area (Å²) in [5, 5.41) is 12.8. The van der Waals surface area contributed by atoms with Crippen LogP contribution in [-0.4, -0.2) is 29.1 Å². The van der Waals surface area contributed by atoms with Gasteiger partial charge in [-0.15, -0.1) is 0 Å². The predicted octanol–water partition coefficient (Wildman–Crippen LogP) is 2.89. The average molecular weight is 389 g/mol. The number of rotatable bonds is 3. The lowest BCUT2D eigenvalue weighted by Gasteiger charge is -2.29. The molecule has 3 rings (SSSR count). The van der Waals surface area contributed by atoms with Crippen LogP contribution in [0, 0.1) is 0 Å². The summed E-state index contributed by atoms with van der Waals surface area (Å²) in [6, 6.07) is 11.1. The summed E-state index contributed by atoms with van der Waals surface area (Å²) in [5.41, 5.74) is 0.778. The first kappa shape index (κ1) is 17.9. The first-order valence-electron chi connectivity index (χ1n) is 7.44. The van der Waals surface area contributed by atoms with Crippen LogP contribution >= 0.6 is 23.8 Å². The molecule has 0 spiro atoms. The van der Waals surface area contributed by atoms with Crippen molar-refractivity contribution < 1.29 is 19.4 Å². The molecule has 1 fully saturated rings. The van der Waals surface area contributed by atoms with E-state index in [1.54, 1.807) is 30.3 Å². The number of aromatic hydroxyl groups is 1. The topological polar surface area (TPSA) is 78.9 Å². The minimum absolute atomic E-state index is 0.0306. The van der Waals surface area contributed by atoms with Crippen LogP contribution in [0.2, 0.25) is 5.02 Å². The minimum Gasteiger partial charge on any atom is -0.504 e. The number of anilines is 1. The Morgan fingerprint density at radius 1 is 1.23 bits per heavy atom. The highest BCUT2D eigenvalue weighted by atomic mass is 35.5. The normalized spacial score (nSPS) is 16.0. The van der Waals surface area contributed by atoms with Crippen LogP contribution in [-0.2, 0) is 9.59 Å². The van der Waals surface area contributed by atoms with Crippen LogP contribution in [0.15, 0.2) is 48.0 Å². The Labute approximate surface area is 159 Å². The van der Waals surface area contributed by atoms with E-state index < -0.39 is 11.8 Å². The largest absolute Gasteiger partial charge is 0.504 e. The molecule has 0 saturated carbocycles. The Kier molecular flexibility index (Phi) is 4.92. The molecule has 0 radical (unpaired) electrons. The van der Waals surface area contributed by atoms with Gasteiger partial charge in [-0.1, -0.05) is 23.7 Å². The van der Waals surface area contributed by atoms with Crippen LogP contribution in [0.3, 0.4) is 0 Å². The number of benzene rings is 2. The molecule has 132 valence electrons. The Morgan fingerprint density at radius 3 is 2.65 bits per heavy atom. The fourth-order valence-electron chi connectivity index (χ4n) is 2.47. The summed E-state index contributed by atoms with van der Waals surface area (Å²) in [5.74, 6) is -1.02. The zero-order valence-electron chi connectivity index (χ0n) is 13.5. The molecule has 2 aromatic carbocycles. The maximum Gasteiger partial charge on any atom is 0.270 e. The van der Waals surface area contributed by atoms with Crippen molar-refractivity contribution in [3.63, 3.8) is 0 Å². The van der Waals surface area contributed by atoms with Crippen LogP contribution < -0.4 is 15.0 Å². The summed E-state index contributed by atoms with van der Waals surface area (Å²) in [4.78, 5) is 26.3. The molecule has 0 aliphatic carbocycles. The highest BCUT2D eigenvalue weighted by Crippen LogP contribution is 2.28. The molecule has 0 unspecified atom stereocenters. The Morgan fingerprint density at radius 2 is 2.00 bits per heavy atom. The fraction of sp³-hybridized carbons (Fsp3) is 0.0556. The number of nitrogens with zero attached hydrogens (tertiary/aromatic N) is 1. The molecule has 2 N–H and O–H groups in total. The second-order valence-corrected chi connectivity index (χ2v) is 6.19. The van der Waals surface area contributed by atoms with E-state index in [4.69, 9.17) is 28.6 Å². The molecule has 8 heteroatoms. The molecule has 2 amide bonds. The lowest BCUT2D eigenvalue weighted by Crippen LogP contribution is -2.54. The van der Waals surface area contributed by atoms with Crippen molar-refractivity contribution >= 4 is 52.5 Å². The second kappa shape index (κ2) is 7.15. The number of nitrogens with one attached hydrogen (secondary N) is 1. The van der Waals surface area contributed by atoms with Crippen molar-refractivity contribution in [2.24, 2.45) is 0 Å². The third-order valence-electron chi connectivity index (χ3n) is 3.68. The van der Waals surface area contributed by atoms with E-state index in [-0.39, 0.29) is 22.2 Å². The molecule has 0 atom stereocenters. The van der Waals surface area contributed by atoms with Crippen LogP contribution in [0.5, 0.6) is 11.5 Å². The molecule has 26 heavy (non-hydrogen) atoms. The molecule has 1 aliphatic rings. The Hall–Kier alpha value is -2.90. The first-order valence-corrected chi connectivity index (χ1v) is 8.23. The van der Waals surface area contributed by atoms with Crippen molar-refractivity contribution in [2.45, 2.75) is 0 Å². The van der Waals surface area contributed by atoms with E-state index in [1.165, 1.54) is 30.2 Å². The number of methoxy groups -OCH3 is 1. The molecule has 0 bridgehead atoms. The Bertz CT molecular complexity index is 958. The number of carbonyl (C=O) groups excluding carboxylic acids is 2. The van der Waals surface area contributed by atoms with E-state index >= 15 is 0 Å². The molecular weight excluding hydrogens is 376 g/mol. The number of hydrogen-bond acceptors (Lipinski definition) is 5. The molecule has 1 aliphatic heterocycles. The van der Waals surface area contributed by atoms with Gasteiger partial charge in [0.2, 0.25) is 0 Å². The average Bonchev–Trinajstić information content (AvgIpc) is 2.58. The third kappa shape index (κ3) is 3.40. The van der Waals surface area contributed by atoms with Crippen molar-refractivity contribution in [3.8, 4) is 11.5 Å². The van der Waals surface area contributed by atoms with Gasteiger partial charge in [0.1, 0.15) is 5.57 Å². The van der Waals surface area contributed by atoms with Gasteiger partial charge in [-0.2, -0.15) is 0 Å². The quantitative estimate of drug-likeness (QED) is 0.480. The maximum atomic E-state index is 12.8. The maximum absolute atomic E-state index is 12.8. The highest BCUT2D eigenvalue weighted by molar-refractivity contribution is 7.80. The van der Waals surface area contributed by atoms with Gasteiger partial charge in [0, 0.05) is 5.02 Å². The van der Waals surface area contributed by atoms with Crippen molar-refractivity contribution in [1.29, 1.82) is 0 Å². The minimum atomic E-state index is -0.617. The van der Waals surface area contributed by atoms with Gasteiger partial charge in [-0.05, 0) is 54.2 Å². The number of thiocarbonyl (C=S) groups is 1. The second-order valence-electron chi connectivity index (χ2n) is 5.37. The monoisotopic (exact) mass is 388 g/mol. The standard InChI is InChI=1S/C18H13ClN2O4S/c1-25-15-6-5-10(8-14(15)22)7-13-16(23)20-18(26)21(17(13)24)12-4-2-3-11(19)9-12/h2-9,22H,1H3,(H,20,23,26). The first-order chi connectivity index (χ1) is 12.4. The van der Waals surface area contributed by atoms with Crippen LogP contribution in [0.4, 0.5) is 5.69 Å². The van der Waals surface area contributed by atoms with E-state index in [2.05, 4.69) is 5.32 Å². The number of ether oxygens (including phenoxy) is 1. The summed E-state index contributed by atoms with van der Waals surface area (Å²) in [7, 11) is 1.43. The fourth-order valence-corrected chi connectivity index (χ4v) is 2.94. The zero-order valence-corrected chi connectivity index (χ0v) is 15.1. The Balaban J connectivity index is 2.01. The summed E-state index contributed by atoms with van der Waals surface area (Å²) < 4.78 is 4.98. The SMILES string of the molecule is COc1ccc(C=C2C(=O)NC(=S)N(c3cccc(Cl)c3)C2=O)cc1O. The van der Waals surface area contributed by atoms with Gasteiger partial charge in [0.25, 0.3) is 11.8 Å². The molecule has 1 heterocycles. The lowest BCUT2D eigenvalue weighted by molar-refractivity contribution is -0.122. The van der Waals surface area contributed by atoms with E-state index in [0.717, 1.165) is 0 Å². The number of amides is 2. The van der Waals surface area contributed by atoms with Gasteiger partial charge in [0.05, 0.1) is 12.8 Å². The molecule has 6 nitrogen and oxygen atoms in total. The van der Waals surface area contributed by atoms with Crippen molar-refractivity contribution in [2.75, 3.05) is 12.0 Å². The van der Waals surface area contributed by atoms with Gasteiger partial charge in [-0.25, -0.2) is 0 Å². The molecular formula is C18H13ClN2O4S. The van der Waals surface area contributed by atoms with Gasteiger partial charge in [0.15, 0.2) is 16.6 Å². The molecule has 2 aromatic rings. The van der Waals surface area contributed by atoms with Gasteiger partial charge < -0.3 is 9.84 Å². The molecule has 0 aromatic heterocycles. The lowest BCUT2D eigenvalue weighted by atomic mass is 10.1. The number of phenolic OH excluding ortho intramolecular Hbond substituents is 1. The van der Waals surface area contributed by atoms with E-state index in [9.17, 15) is 14.7 Å². The number of carbonyl (C=O) groups is 2. The van der Waals surface area contributed by atoms with E-state index in [1.807, 2.05) is 0 Å². The van der Waals surface area contributed by atoms with Gasteiger partial charge in [-0.3, -0.25) is 19.8 Å². The van der Waals surface area contributed by atoms with Crippen LogP contribution in [0.25, 0.3) is 6.08 Å². The van der Waals surface area contributed by atoms with Gasteiger partial charge >= 0.3 is 0 Å². The summed E-state index contributed by atoms with van der Waals surface area (Å²) >= 11 is 11.1. The number of hydrogen-bond donors (Lipinski definition) is 2. The van der Waals surface area contributed by atoms with Crippen molar-refractivity contribution in [1.82, 2.24) is 5.32 Å². The molecule has 1 saturated heterocycles. The summed E-state index contributed by atoms with van der Waals surface area (Å²) in [6.07, 6.45) is 1.37. The van der Waals surface area contributed by atoms with Crippen molar-refractivity contribution in [3.05, 3.63) is 58.6 Å². The highest BCUT2D eigenvalue weighted by Gasteiger charge is 2.34. The van der Waals surface area contributed by atoms with Crippen LogP contribution in [0.1, 0.15) is 5.56 Å².